The third-order valence-electron chi connectivity index (χ3n) is 8.12. The van der Waals surface area contributed by atoms with Gasteiger partial charge < -0.3 is 4.74 Å². The Morgan fingerprint density at radius 1 is 1.17 bits per heavy atom. The standard InChI is InChI=1S/C22H44O/c1-10-21(7,8)18(5)17(4)16(3)12-13-20-14-15-23-22(9,11-2)19(20)6/h16-20H,10-15H2,1-9H3. The van der Waals surface area contributed by atoms with Crippen LogP contribution in [-0.2, 0) is 4.74 Å². The van der Waals surface area contributed by atoms with E-state index in [0.29, 0.717) is 11.3 Å². The zero-order chi connectivity index (χ0) is 17.8. The van der Waals surface area contributed by atoms with E-state index < -0.39 is 0 Å². The fourth-order valence-electron chi connectivity index (χ4n) is 4.41. The first-order chi connectivity index (χ1) is 10.6. The molecule has 0 aromatic rings. The predicted octanol–water partition coefficient (Wildman–Crippen LogP) is 6.95. The molecular weight excluding hydrogens is 280 g/mol. The Labute approximate surface area is 147 Å². The van der Waals surface area contributed by atoms with E-state index in [1.54, 1.807) is 0 Å². The minimum Gasteiger partial charge on any atom is -0.375 e. The lowest BCUT2D eigenvalue weighted by Gasteiger charge is -2.45. The molecule has 0 saturated carbocycles. The molecule has 0 N–H and O–H groups in total. The molecule has 1 aliphatic heterocycles. The number of hydrogen-bond acceptors (Lipinski definition) is 1. The lowest BCUT2D eigenvalue weighted by molar-refractivity contribution is -0.129. The van der Waals surface area contributed by atoms with Crippen molar-refractivity contribution in [2.75, 3.05) is 6.61 Å². The first-order valence-electron chi connectivity index (χ1n) is 10.2. The van der Waals surface area contributed by atoms with Crippen molar-refractivity contribution < 1.29 is 4.74 Å². The molecule has 0 amide bonds. The van der Waals surface area contributed by atoms with Crippen molar-refractivity contribution in [3.05, 3.63) is 0 Å². The second-order valence-corrected chi connectivity index (χ2v) is 9.40. The molecular formula is C22H44O. The normalized spacial score (nSPS) is 33.3. The number of hydrogen-bond donors (Lipinski definition) is 0. The van der Waals surface area contributed by atoms with E-state index in [0.717, 1.165) is 36.7 Å². The molecule has 1 aliphatic rings. The summed E-state index contributed by atoms with van der Waals surface area (Å²) in [5, 5.41) is 0. The second-order valence-electron chi connectivity index (χ2n) is 9.40. The average Bonchev–Trinajstić information content (AvgIpc) is 2.54. The molecule has 23 heavy (non-hydrogen) atoms. The number of ether oxygens (including phenoxy) is 1. The van der Waals surface area contributed by atoms with Gasteiger partial charge in [-0.2, -0.15) is 0 Å². The summed E-state index contributed by atoms with van der Waals surface area (Å²) in [6, 6.07) is 0. The van der Waals surface area contributed by atoms with Crippen LogP contribution in [-0.4, -0.2) is 12.2 Å². The molecule has 0 radical (unpaired) electrons. The fraction of sp³-hybridized carbons (Fsp3) is 1.00. The van der Waals surface area contributed by atoms with E-state index in [4.69, 9.17) is 4.74 Å². The SMILES string of the molecule is CCC(C)(C)C(C)C(C)C(C)CCC1CCOC(C)(CC)C1C. The zero-order valence-corrected chi connectivity index (χ0v) is 17.5. The van der Waals surface area contributed by atoms with Gasteiger partial charge in [0, 0.05) is 6.61 Å². The van der Waals surface area contributed by atoms with E-state index in [1.165, 1.54) is 25.7 Å². The molecule has 0 aromatic heterocycles. The van der Waals surface area contributed by atoms with Crippen LogP contribution in [0.25, 0.3) is 0 Å². The Bertz CT molecular complexity index is 348. The molecule has 1 fully saturated rings. The van der Waals surface area contributed by atoms with Gasteiger partial charge in [-0.15, -0.1) is 0 Å². The largest absolute Gasteiger partial charge is 0.375 e. The molecule has 0 spiro atoms. The highest BCUT2D eigenvalue weighted by atomic mass is 16.5. The molecule has 1 saturated heterocycles. The summed E-state index contributed by atoms with van der Waals surface area (Å²) < 4.78 is 6.11. The van der Waals surface area contributed by atoms with Crippen molar-refractivity contribution >= 4 is 0 Å². The van der Waals surface area contributed by atoms with Gasteiger partial charge >= 0.3 is 0 Å². The van der Waals surface area contributed by atoms with Crippen molar-refractivity contribution in [1.82, 2.24) is 0 Å². The highest BCUT2D eigenvalue weighted by molar-refractivity contribution is 4.89. The Hall–Kier alpha value is -0.0400. The summed E-state index contributed by atoms with van der Waals surface area (Å²) in [5.41, 5.74) is 0.565. The fourth-order valence-corrected chi connectivity index (χ4v) is 4.41. The monoisotopic (exact) mass is 324 g/mol. The van der Waals surface area contributed by atoms with Crippen LogP contribution in [0.4, 0.5) is 0 Å². The zero-order valence-electron chi connectivity index (χ0n) is 17.5. The van der Waals surface area contributed by atoms with E-state index in [-0.39, 0.29) is 5.60 Å². The first kappa shape index (κ1) is 21.0. The van der Waals surface area contributed by atoms with Gasteiger partial charge in [0.1, 0.15) is 0 Å². The van der Waals surface area contributed by atoms with Crippen LogP contribution < -0.4 is 0 Å². The van der Waals surface area contributed by atoms with Crippen LogP contribution >= 0.6 is 0 Å². The minimum atomic E-state index is 0.106. The van der Waals surface area contributed by atoms with Gasteiger partial charge in [-0.1, -0.05) is 68.2 Å². The van der Waals surface area contributed by atoms with Crippen LogP contribution in [0.2, 0.25) is 0 Å². The molecule has 0 aliphatic carbocycles. The topological polar surface area (TPSA) is 9.23 Å². The van der Waals surface area contributed by atoms with E-state index in [1.807, 2.05) is 0 Å². The molecule has 0 aromatic carbocycles. The maximum absolute atomic E-state index is 6.11. The Morgan fingerprint density at radius 3 is 2.30 bits per heavy atom. The van der Waals surface area contributed by atoms with Crippen molar-refractivity contribution in [1.29, 1.82) is 0 Å². The quantitative estimate of drug-likeness (QED) is 0.469. The molecule has 138 valence electrons. The molecule has 0 bridgehead atoms. The van der Waals surface area contributed by atoms with Crippen LogP contribution in [0.15, 0.2) is 0 Å². The van der Waals surface area contributed by atoms with Gasteiger partial charge in [0.15, 0.2) is 0 Å². The molecule has 1 heterocycles. The van der Waals surface area contributed by atoms with Crippen molar-refractivity contribution in [2.24, 2.45) is 35.0 Å². The van der Waals surface area contributed by atoms with Crippen LogP contribution in [0.1, 0.15) is 94.4 Å². The Morgan fingerprint density at radius 2 is 1.78 bits per heavy atom. The van der Waals surface area contributed by atoms with Gasteiger partial charge in [-0.3, -0.25) is 0 Å². The van der Waals surface area contributed by atoms with Gasteiger partial charge in [0.05, 0.1) is 5.60 Å². The first-order valence-corrected chi connectivity index (χ1v) is 10.2. The summed E-state index contributed by atoms with van der Waals surface area (Å²) in [6.45, 7) is 22.6. The smallest absolute Gasteiger partial charge is 0.0679 e. The van der Waals surface area contributed by atoms with Gasteiger partial charge in [-0.25, -0.2) is 0 Å². The number of rotatable bonds is 8. The lowest BCUT2D eigenvalue weighted by atomic mass is 9.67. The third kappa shape index (κ3) is 4.97. The van der Waals surface area contributed by atoms with Crippen LogP contribution in [0.3, 0.4) is 0 Å². The molecule has 1 heteroatoms. The summed E-state index contributed by atoms with van der Waals surface area (Å²) in [6.07, 6.45) is 6.42. The average molecular weight is 325 g/mol. The van der Waals surface area contributed by atoms with Crippen LogP contribution in [0.5, 0.6) is 0 Å². The molecule has 6 unspecified atom stereocenters. The second kappa shape index (κ2) is 8.37. The van der Waals surface area contributed by atoms with Crippen molar-refractivity contribution in [3.8, 4) is 0 Å². The summed E-state index contributed by atoms with van der Waals surface area (Å²) in [5.74, 6) is 3.94. The lowest BCUT2D eigenvalue weighted by Crippen LogP contribution is -2.44. The van der Waals surface area contributed by atoms with E-state index >= 15 is 0 Å². The minimum absolute atomic E-state index is 0.106. The Balaban J connectivity index is 2.57. The van der Waals surface area contributed by atoms with E-state index in [2.05, 4.69) is 62.3 Å². The van der Waals surface area contributed by atoms with Gasteiger partial charge in [-0.05, 0) is 61.2 Å². The highest BCUT2D eigenvalue weighted by Crippen LogP contribution is 2.42. The predicted molar refractivity (Wildman–Crippen MR) is 103 cm³/mol. The Kier molecular flexibility index (Phi) is 7.64. The summed E-state index contributed by atoms with van der Waals surface area (Å²) in [7, 11) is 0. The van der Waals surface area contributed by atoms with Crippen molar-refractivity contribution in [3.63, 3.8) is 0 Å². The maximum Gasteiger partial charge on any atom is 0.0679 e. The molecule has 1 nitrogen and oxygen atoms in total. The molecule has 6 atom stereocenters. The molecule has 1 rings (SSSR count). The van der Waals surface area contributed by atoms with E-state index in [9.17, 15) is 0 Å². The van der Waals surface area contributed by atoms with Crippen molar-refractivity contribution in [2.45, 2.75) is 100 Å². The third-order valence-corrected chi connectivity index (χ3v) is 8.12. The maximum atomic E-state index is 6.11. The summed E-state index contributed by atoms with van der Waals surface area (Å²) in [4.78, 5) is 0. The van der Waals surface area contributed by atoms with Gasteiger partial charge in [0.2, 0.25) is 0 Å². The van der Waals surface area contributed by atoms with Crippen LogP contribution in [0, 0.1) is 35.0 Å². The highest BCUT2D eigenvalue weighted by Gasteiger charge is 2.39. The summed E-state index contributed by atoms with van der Waals surface area (Å²) >= 11 is 0. The van der Waals surface area contributed by atoms with Gasteiger partial charge in [0.25, 0.3) is 0 Å².